The number of amides is 1. The first-order valence-corrected chi connectivity index (χ1v) is 17.4. The van der Waals surface area contributed by atoms with Crippen LogP contribution in [0, 0.1) is 0 Å². The first kappa shape index (κ1) is 36.7. The van der Waals surface area contributed by atoms with Gasteiger partial charge < -0.3 is 33.7 Å². The fourth-order valence-corrected chi connectivity index (χ4v) is 6.34. The van der Waals surface area contributed by atoms with Gasteiger partial charge in [-0.3, -0.25) is 9.59 Å². The van der Waals surface area contributed by atoms with Crippen LogP contribution in [0.2, 0.25) is 0 Å². The highest BCUT2D eigenvalue weighted by molar-refractivity contribution is 6.01. The van der Waals surface area contributed by atoms with Gasteiger partial charge in [-0.1, -0.05) is 60.7 Å². The molecule has 274 valence electrons. The van der Waals surface area contributed by atoms with Gasteiger partial charge >= 0.3 is 11.9 Å². The molecule has 53 heavy (non-hydrogen) atoms. The van der Waals surface area contributed by atoms with E-state index in [9.17, 15) is 24.6 Å². The number of aliphatic hydroxyl groups is 1. The Labute approximate surface area is 307 Å². The molecule has 1 amide bonds. The Morgan fingerprint density at radius 2 is 1.64 bits per heavy atom. The molecule has 11 nitrogen and oxygen atoms in total. The Morgan fingerprint density at radius 1 is 0.906 bits per heavy atom. The molecule has 6 rings (SSSR count). The summed E-state index contributed by atoms with van der Waals surface area (Å²) in [6.45, 7) is 6.97. The van der Waals surface area contributed by atoms with Crippen molar-refractivity contribution in [2.24, 2.45) is 0 Å². The van der Waals surface area contributed by atoms with Crippen molar-refractivity contribution >= 4 is 45.8 Å². The van der Waals surface area contributed by atoms with Gasteiger partial charge in [0.2, 0.25) is 12.7 Å². The average molecular weight is 719 g/mol. The summed E-state index contributed by atoms with van der Waals surface area (Å²) >= 11 is 0. The SMILES string of the molecule is C[C@H]([C@H](CC=Cc1nc2ccccc2o1)c1ccc2c(c1)OCO2)N(Cc1ccc2ccccc2c1)C(=O)C(O)=C(CCC(=O)O)C(=O)OC(C)(C)C. The third-order valence-electron chi connectivity index (χ3n) is 9.01. The number of rotatable bonds is 13. The van der Waals surface area contributed by atoms with E-state index in [1.807, 2.05) is 97.9 Å². The van der Waals surface area contributed by atoms with Gasteiger partial charge in [-0.2, -0.15) is 0 Å². The van der Waals surface area contributed by atoms with E-state index in [1.165, 1.54) is 4.90 Å². The molecule has 0 saturated carbocycles. The van der Waals surface area contributed by atoms with E-state index >= 15 is 0 Å². The van der Waals surface area contributed by atoms with E-state index in [2.05, 4.69) is 4.98 Å². The summed E-state index contributed by atoms with van der Waals surface area (Å²) in [5, 5.41) is 23.1. The number of nitrogens with zero attached hydrogens (tertiary/aromatic N) is 2. The number of aliphatic carboxylic acids is 1. The van der Waals surface area contributed by atoms with Crippen LogP contribution < -0.4 is 9.47 Å². The minimum atomic E-state index is -1.19. The van der Waals surface area contributed by atoms with Crippen LogP contribution >= 0.6 is 0 Å². The molecule has 2 N–H and O–H groups in total. The number of hydrogen-bond acceptors (Lipinski definition) is 9. The van der Waals surface area contributed by atoms with Crippen molar-refractivity contribution in [1.29, 1.82) is 0 Å². The summed E-state index contributed by atoms with van der Waals surface area (Å²) in [5.41, 5.74) is 1.64. The molecule has 1 aromatic heterocycles. The van der Waals surface area contributed by atoms with Crippen LogP contribution in [-0.2, 0) is 25.7 Å². The van der Waals surface area contributed by atoms with Gasteiger partial charge in [-0.25, -0.2) is 9.78 Å². The zero-order valence-electron chi connectivity index (χ0n) is 30.1. The zero-order chi connectivity index (χ0) is 37.7. The highest BCUT2D eigenvalue weighted by Gasteiger charge is 2.34. The van der Waals surface area contributed by atoms with Crippen LogP contribution in [0.25, 0.3) is 27.9 Å². The van der Waals surface area contributed by atoms with Gasteiger partial charge in [-0.15, -0.1) is 0 Å². The quantitative estimate of drug-likeness (QED) is 0.0691. The van der Waals surface area contributed by atoms with Gasteiger partial charge in [-0.05, 0) is 98.8 Å². The standard InChI is InChI=1S/C42H42N2O9/c1-26(31(30-18-20-35-36(23-30)51-25-50-35)12-9-15-37-43-33-13-7-8-14-34(33)52-37)44(24-27-16-17-28-10-5-6-11-29(28)22-27)40(48)39(47)32(19-21-38(45)46)41(49)53-42(2,3)4/h5-11,13-18,20,22-23,26,31,47H,12,19,21,24-25H2,1-4H3,(H,45,46)/t26-,31+/m1/s1. The third kappa shape index (κ3) is 8.86. The molecular weight excluding hydrogens is 676 g/mol. The minimum Gasteiger partial charge on any atom is -0.503 e. The fraction of sp³-hybridized carbons (Fsp3) is 0.286. The van der Waals surface area contributed by atoms with Crippen LogP contribution in [0.1, 0.15) is 69.9 Å². The lowest BCUT2D eigenvalue weighted by atomic mass is 9.87. The van der Waals surface area contributed by atoms with Crippen molar-refractivity contribution in [2.75, 3.05) is 6.79 Å². The number of oxazole rings is 1. The molecule has 2 heterocycles. The highest BCUT2D eigenvalue weighted by Crippen LogP contribution is 2.38. The number of carboxylic acids is 1. The van der Waals surface area contributed by atoms with Crippen molar-refractivity contribution in [2.45, 2.75) is 71.1 Å². The lowest BCUT2D eigenvalue weighted by molar-refractivity contribution is -0.151. The topological polar surface area (TPSA) is 149 Å². The number of carbonyl (C=O) groups is 3. The number of para-hydroxylation sites is 2. The Bertz CT molecular complexity index is 2180. The number of carboxylic acid groups (broad SMARTS) is 1. The van der Waals surface area contributed by atoms with E-state index in [-0.39, 0.29) is 19.3 Å². The zero-order valence-corrected chi connectivity index (χ0v) is 30.1. The van der Waals surface area contributed by atoms with Gasteiger partial charge in [0.05, 0.1) is 5.57 Å². The van der Waals surface area contributed by atoms with Gasteiger partial charge in [0.25, 0.3) is 5.91 Å². The van der Waals surface area contributed by atoms with Gasteiger partial charge in [0, 0.05) is 24.9 Å². The second-order valence-electron chi connectivity index (χ2n) is 14.0. The molecule has 0 spiro atoms. The Morgan fingerprint density at radius 3 is 2.40 bits per heavy atom. The molecular formula is C42H42N2O9. The molecule has 0 saturated heterocycles. The normalized spacial score (nSPS) is 14.3. The van der Waals surface area contributed by atoms with E-state index < -0.39 is 53.7 Å². The molecule has 4 aromatic carbocycles. The number of aromatic nitrogens is 1. The Balaban J connectivity index is 1.42. The number of ether oxygens (including phenoxy) is 3. The maximum absolute atomic E-state index is 14.6. The lowest BCUT2D eigenvalue weighted by Crippen LogP contribution is -2.43. The number of hydrogen-bond donors (Lipinski definition) is 2. The van der Waals surface area contributed by atoms with E-state index in [0.29, 0.717) is 29.4 Å². The number of allylic oxidation sites excluding steroid dienone is 1. The van der Waals surface area contributed by atoms with E-state index in [0.717, 1.165) is 27.4 Å². The first-order valence-electron chi connectivity index (χ1n) is 17.4. The molecule has 1 aliphatic heterocycles. The first-order chi connectivity index (χ1) is 25.4. The summed E-state index contributed by atoms with van der Waals surface area (Å²) in [4.78, 5) is 45.6. The Kier molecular flexibility index (Phi) is 10.8. The molecule has 1 aliphatic rings. The fourth-order valence-electron chi connectivity index (χ4n) is 6.34. The largest absolute Gasteiger partial charge is 0.503 e. The van der Waals surface area contributed by atoms with Crippen LogP contribution in [-0.4, -0.2) is 56.4 Å². The molecule has 0 radical (unpaired) electrons. The van der Waals surface area contributed by atoms with Crippen LogP contribution in [0.3, 0.4) is 0 Å². The summed E-state index contributed by atoms with van der Waals surface area (Å²) in [6, 6.07) is 26.2. The molecule has 11 heteroatoms. The summed E-state index contributed by atoms with van der Waals surface area (Å²) in [7, 11) is 0. The number of carbonyl (C=O) groups excluding carboxylic acids is 2. The molecule has 5 aromatic rings. The molecule has 0 unspecified atom stereocenters. The maximum atomic E-state index is 14.6. The smallest absolute Gasteiger partial charge is 0.338 e. The predicted octanol–water partition coefficient (Wildman–Crippen LogP) is 8.33. The Hall–Kier alpha value is -6.10. The lowest BCUT2D eigenvalue weighted by Gasteiger charge is -2.35. The second kappa shape index (κ2) is 15.6. The number of fused-ring (bicyclic) bond motifs is 3. The predicted molar refractivity (Wildman–Crippen MR) is 199 cm³/mol. The molecule has 0 bridgehead atoms. The molecule has 0 fully saturated rings. The van der Waals surface area contributed by atoms with E-state index in [4.69, 9.17) is 18.6 Å². The van der Waals surface area contributed by atoms with Crippen LogP contribution in [0.4, 0.5) is 0 Å². The highest BCUT2D eigenvalue weighted by atomic mass is 16.7. The number of esters is 1. The molecule has 2 atom stereocenters. The minimum absolute atomic E-state index is 0.0608. The van der Waals surface area contributed by atoms with Crippen molar-refractivity contribution in [3.05, 3.63) is 119 Å². The molecule has 0 aliphatic carbocycles. The van der Waals surface area contributed by atoms with Crippen molar-refractivity contribution in [3.8, 4) is 11.5 Å². The maximum Gasteiger partial charge on any atom is 0.338 e. The summed E-state index contributed by atoms with van der Waals surface area (Å²) in [5.74, 6) is -2.64. The van der Waals surface area contributed by atoms with E-state index in [1.54, 1.807) is 26.8 Å². The monoisotopic (exact) mass is 718 g/mol. The van der Waals surface area contributed by atoms with Crippen LogP contribution in [0.5, 0.6) is 11.5 Å². The second-order valence-corrected chi connectivity index (χ2v) is 14.0. The summed E-state index contributed by atoms with van der Waals surface area (Å²) in [6.07, 6.45) is 3.21. The summed E-state index contributed by atoms with van der Waals surface area (Å²) < 4.78 is 22.7. The van der Waals surface area contributed by atoms with Crippen molar-refractivity contribution in [1.82, 2.24) is 9.88 Å². The number of aliphatic hydroxyl groups excluding tert-OH is 1. The van der Waals surface area contributed by atoms with Crippen molar-refractivity contribution < 1.29 is 43.2 Å². The van der Waals surface area contributed by atoms with Gasteiger partial charge in [0.15, 0.2) is 22.8 Å². The number of benzene rings is 4. The van der Waals surface area contributed by atoms with Crippen molar-refractivity contribution in [3.63, 3.8) is 0 Å². The van der Waals surface area contributed by atoms with Gasteiger partial charge in [0.1, 0.15) is 11.1 Å². The van der Waals surface area contributed by atoms with Crippen LogP contribution in [0.15, 0.2) is 107 Å². The average Bonchev–Trinajstić information content (AvgIpc) is 3.77. The third-order valence-corrected chi connectivity index (χ3v) is 9.01.